The van der Waals surface area contributed by atoms with Crippen molar-refractivity contribution in [1.29, 1.82) is 0 Å². The van der Waals surface area contributed by atoms with Crippen LogP contribution in [-0.4, -0.2) is 39.8 Å². The highest BCUT2D eigenvalue weighted by molar-refractivity contribution is 5.99. The lowest BCUT2D eigenvalue weighted by molar-refractivity contribution is 0.0593. The molecule has 2 heterocycles. The molecule has 0 N–H and O–H groups in total. The third kappa shape index (κ3) is 4.31. The predicted molar refractivity (Wildman–Crippen MR) is 114 cm³/mol. The van der Waals surface area contributed by atoms with E-state index in [1.165, 1.54) is 10.7 Å². The lowest BCUT2D eigenvalue weighted by Gasteiger charge is -2.32. The van der Waals surface area contributed by atoms with Crippen LogP contribution in [0.15, 0.2) is 42.6 Å². The van der Waals surface area contributed by atoms with Gasteiger partial charge in [0.1, 0.15) is 29.2 Å². The van der Waals surface area contributed by atoms with Gasteiger partial charge in [0, 0.05) is 50.8 Å². The first-order valence-corrected chi connectivity index (χ1v) is 10.3. The number of amides is 1. The highest BCUT2D eigenvalue weighted by atomic mass is 19.1. The zero-order valence-corrected chi connectivity index (χ0v) is 17.9. The molecule has 0 aliphatic carbocycles. The van der Waals surface area contributed by atoms with E-state index >= 15 is 0 Å². The van der Waals surface area contributed by atoms with E-state index in [2.05, 4.69) is 5.10 Å². The summed E-state index contributed by atoms with van der Waals surface area (Å²) >= 11 is 0. The molecule has 4 rings (SSSR count). The molecular formula is C24H25F2N3O2. The van der Waals surface area contributed by atoms with Crippen LogP contribution in [0.25, 0.3) is 11.3 Å². The summed E-state index contributed by atoms with van der Waals surface area (Å²) in [6, 6.07) is 9.34. The number of nitrogens with zero attached hydrogens (tertiary/aromatic N) is 3. The largest absolute Gasteiger partial charge is 0.490 e. The molecular weight excluding hydrogens is 400 g/mol. The van der Waals surface area contributed by atoms with Gasteiger partial charge in [0.2, 0.25) is 0 Å². The number of aryl methyl sites for hydroxylation is 3. The number of para-hydroxylation sites is 1. The maximum Gasteiger partial charge on any atom is 0.257 e. The lowest BCUT2D eigenvalue weighted by Crippen LogP contribution is -2.42. The molecule has 5 nitrogen and oxygen atoms in total. The first-order chi connectivity index (χ1) is 14.8. The van der Waals surface area contributed by atoms with Gasteiger partial charge in [0.05, 0.1) is 5.56 Å². The highest BCUT2D eigenvalue weighted by Crippen LogP contribution is 2.29. The number of carbonyl (C=O) groups is 1. The molecule has 2 aromatic carbocycles. The van der Waals surface area contributed by atoms with Gasteiger partial charge in [0.25, 0.3) is 5.91 Å². The van der Waals surface area contributed by atoms with E-state index in [0.29, 0.717) is 31.5 Å². The number of likely N-dealkylation sites (tertiary alicyclic amines) is 1. The number of piperidine rings is 1. The van der Waals surface area contributed by atoms with Crippen LogP contribution in [0.1, 0.15) is 34.3 Å². The minimum atomic E-state index is -0.742. The Bertz CT molecular complexity index is 1100. The summed E-state index contributed by atoms with van der Waals surface area (Å²) in [6.45, 7) is 5.13. The molecule has 1 amide bonds. The van der Waals surface area contributed by atoms with Crippen molar-refractivity contribution in [3.8, 4) is 17.0 Å². The number of hydrogen-bond acceptors (Lipinski definition) is 3. The Morgan fingerprint density at radius 3 is 2.42 bits per heavy atom. The molecule has 0 saturated carbocycles. The Kier molecular flexibility index (Phi) is 5.76. The molecule has 0 bridgehead atoms. The number of hydrogen-bond donors (Lipinski definition) is 0. The summed E-state index contributed by atoms with van der Waals surface area (Å²) in [5.41, 5.74) is 2.83. The van der Waals surface area contributed by atoms with E-state index in [0.717, 1.165) is 29.0 Å². The van der Waals surface area contributed by atoms with Crippen LogP contribution in [-0.2, 0) is 7.05 Å². The fourth-order valence-electron chi connectivity index (χ4n) is 4.02. The van der Waals surface area contributed by atoms with E-state index in [9.17, 15) is 13.6 Å². The Balaban J connectivity index is 1.48. The average Bonchev–Trinajstić information content (AvgIpc) is 3.12. The van der Waals surface area contributed by atoms with Gasteiger partial charge >= 0.3 is 0 Å². The molecule has 0 spiro atoms. The maximum atomic E-state index is 14.3. The Hall–Kier alpha value is -3.22. The molecule has 1 aromatic heterocycles. The smallest absolute Gasteiger partial charge is 0.257 e. The van der Waals surface area contributed by atoms with Crippen LogP contribution < -0.4 is 4.74 Å². The average molecular weight is 425 g/mol. The fourth-order valence-corrected chi connectivity index (χ4v) is 4.02. The molecule has 1 saturated heterocycles. The first kappa shape index (κ1) is 21.0. The number of aromatic nitrogens is 2. The van der Waals surface area contributed by atoms with E-state index in [4.69, 9.17) is 4.74 Å². The second-order valence-electron chi connectivity index (χ2n) is 8.02. The van der Waals surface area contributed by atoms with Crippen molar-refractivity contribution >= 4 is 5.91 Å². The number of benzene rings is 2. The number of rotatable bonds is 4. The molecule has 0 radical (unpaired) electrons. The minimum Gasteiger partial charge on any atom is -0.490 e. The highest BCUT2D eigenvalue weighted by Gasteiger charge is 2.29. The number of halogens is 2. The molecule has 1 aliphatic rings. The number of ether oxygens (including phenoxy) is 1. The predicted octanol–water partition coefficient (Wildman–Crippen LogP) is 4.67. The molecule has 31 heavy (non-hydrogen) atoms. The quantitative estimate of drug-likeness (QED) is 0.611. The minimum absolute atomic E-state index is 0.0340. The zero-order valence-electron chi connectivity index (χ0n) is 17.9. The van der Waals surface area contributed by atoms with Crippen LogP contribution in [0.2, 0.25) is 0 Å². The normalized spacial score (nSPS) is 14.7. The van der Waals surface area contributed by atoms with Crippen molar-refractivity contribution in [2.45, 2.75) is 32.8 Å². The molecule has 7 heteroatoms. The van der Waals surface area contributed by atoms with Gasteiger partial charge in [-0.3, -0.25) is 9.48 Å². The fraction of sp³-hybridized carbons (Fsp3) is 0.333. The second kappa shape index (κ2) is 8.49. The van der Waals surface area contributed by atoms with Crippen molar-refractivity contribution in [3.63, 3.8) is 0 Å². The van der Waals surface area contributed by atoms with Crippen LogP contribution in [0.4, 0.5) is 8.78 Å². The topological polar surface area (TPSA) is 47.4 Å². The van der Waals surface area contributed by atoms with Gasteiger partial charge in [0.15, 0.2) is 0 Å². The van der Waals surface area contributed by atoms with Crippen molar-refractivity contribution in [3.05, 3.63) is 70.9 Å². The third-order valence-corrected chi connectivity index (χ3v) is 5.67. The van der Waals surface area contributed by atoms with Gasteiger partial charge in [-0.05, 0) is 37.1 Å². The Morgan fingerprint density at radius 2 is 1.77 bits per heavy atom. The van der Waals surface area contributed by atoms with Crippen molar-refractivity contribution in [2.24, 2.45) is 7.05 Å². The zero-order chi connectivity index (χ0) is 22.1. The summed E-state index contributed by atoms with van der Waals surface area (Å²) in [7, 11) is 1.67. The summed E-state index contributed by atoms with van der Waals surface area (Å²) < 4.78 is 35.3. The molecule has 162 valence electrons. The van der Waals surface area contributed by atoms with Gasteiger partial charge in [-0.1, -0.05) is 18.2 Å². The van der Waals surface area contributed by atoms with Crippen LogP contribution in [0.3, 0.4) is 0 Å². The molecule has 0 unspecified atom stereocenters. The summed E-state index contributed by atoms with van der Waals surface area (Å²) in [6.07, 6.45) is 3.03. The molecule has 0 atom stereocenters. The summed E-state index contributed by atoms with van der Waals surface area (Å²) in [5.74, 6) is -0.713. The van der Waals surface area contributed by atoms with Gasteiger partial charge in [-0.25, -0.2) is 8.78 Å². The van der Waals surface area contributed by atoms with Crippen molar-refractivity contribution < 1.29 is 18.3 Å². The molecule has 1 fully saturated rings. The maximum absolute atomic E-state index is 14.3. The van der Waals surface area contributed by atoms with E-state index < -0.39 is 11.6 Å². The summed E-state index contributed by atoms with van der Waals surface area (Å²) in [5, 5.41) is 4.26. The van der Waals surface area contributed by atoms with Crippen molar-refractivity contribution in [1.82, 2.24) is 14.7 Å². The SMILES string of the molecule is Cc1cccc(C)c1OC1CCN(C(=O)c2cn(C)nc2-c2ccc(F)cc2F)CC1. The third-order valence-electron chi connectivity index (χ3n) is 5.67. The van der Waals surface area contributed by atoms with Gasteiger partial charge in [-0.15, -0.1) is 0 Å². The van der Waals surface area contributed by atoms with Crippen LogP contribution in [0.5, 0.6) is 5.75 Å². The lowest BCUT2D eigenvalue weighted by atomic mass is 10.0. The number of carbonyl (C=O) groups excluding carboxylic acids is 1. The molecule has 1 aliphatic heterocycles. The standard InChI is InChI=1S/C24H25F2N3O2/c1-15-5-4-6-16(2)23(15)31-18-9-11-29(12-10-18)24(30)20-14-28(3)27-22(20)19-8-7-17(25)13-21(19)26/h4-8,13-14,18H,9-12H2,1-3H3. The van der Waals surface area contributed by atoms with E-state index in [1.54, 1.807) is 18.1 Å². The van der Waals surface area contributed by atoms with Crippen LogP contribution >= 0.6 is 0 Å². The first-order valence-electron chi connectivity index (χ1n) is 10.3. The molecule has 3 aromatic rings. The van der Waals surface area contributed by atoms with E-state index in [-0.39, 0.29) is 23.3 Å². The van der Waals surface area contributed by atoms with Gasteiger partial charge in [-0.2, -0.15) is 5.10 Å². The Labute approximate surface area is 180 Å². The van der Waals surface area contributed by atoms with Gasteiger partial charge < -0.3 is 9.64 Å². The Morgan fingerprint density at radius 1 is 1.10 bits per heavy atom. The van der Waals surface area contributed by atoms with Crippen LogP contribution in [0, 0.1) is 25.5 Å². The monoisotopic (exact) mass is 425 g/mol. The van der Waals surface area contributed by atoms with E-state index in [1.807, 2.05) is 32.0 Å². The second-order valence-corrected chi connectivity index (χ2v) is 8.02. The van der Waals surface area contributed by atoms with Crippen molar-refractivity contribution in [2.75, 3.05) is 13.1 Å². The summed E-state index contributed by atoms with van der Waals surface area (Å²) in [4.78, 5) is 14.9.